The van der Waals surface area contributed by atoms with Gasteiger partial charge in [0.25, 0.3) is 0 Å². The molecular formula is C13H19N7O2. The summed E-state index contributed by atoms with van der Waals surface area (Å²) in [6.45, 7) is 3.59. The van der Waals surface area contributed by atoms with Crippen LogP contribution in [0.15, 0.2) is 10.9 Å². The lowest BCUT2D eigenvalue weighted by Gasteiger charge is -2.30. The SMILES string of the molecule is CCCc1noc([C@H]2CCCN(C(=O)Cn3cnnn3)C2)n1. The third-order valence-corrected chi connectivity index (χ3v) is 3.77. The van der Waals surface area contributed by atoms with Crippen LogP contribution in [-0.4, -0.2) is 54.2 Å². The Morgan fingerprint density at radius 1 is 1.50 bits per heavy atom. The number of tetrazole rings is 1. The quantitative estimate of drug-likeness (QED) is 0.788. The highest BCUT2D eigenvalue weighted by molar-refractivity contribution is 5.76. The number of carbonyl (C=O) groups excluding carboxylic acids is 1. The minimum Gasteiger partial charge on any atom is -0.340 e. The molecule has 3 heterocycles. The lowest BCUT2D eigenvalue weighted by Crippen LogP contribution is -2.41. The molecule has 22 heavy (non-hydrogen) atoms. The lowest BCUT2D eigenvalue weighted by molar-refractivity contribution is -0.133. The smallest absolute Gasteiger partial charge is 0.244 e. The molecule has 0 radical (unpaired) electrons. The Kier molecular flexibility index (Phi) is 4.40. The molecule has 1 aliphatic rings. The summed E-state index contributed by atoms with van der Waals surface area (Å²) in [6, 6.07) is 0. The van der Waals surface area contributed by atoms with Gasteiger partial charge in [0.1, 0.15) is 12.9 Å². The van der Waals surface area contributed by atoms with Crippen molar-refractivity contribution < 1.29 is 9.32 Å². The fourth-order valence-electron chi connectivity index (χ4n) is 2.65. The zero-order chi connectivity index (χ0) is 15.4. The predicted octanol–water partition coefficient (Wildman–Crippen LogP) is 0.415. The van der Waals surface area contributed by atoms with Gasteiger partial charge in [-0.2, -0.15) is 4.98 Å². The summed E-state index contributed by atoms with van der Waals surface area (Å²) in [6.07, 6.45) is 5.13. The first-order valence-corrected chi connectivity index (χ1v) is 7.57. The fraction of sp³-hybridized carbons (Fsp3) is 0.692. The van der Waals surface area contributed by atoms with Gasteiger partial charge in [0.15, 0.2) is 5.82 Å². The van der Waals surface area contributed by atoms with E-state index in [9.17, 15) is 4.79 Å². The van der Waals surface area contributed by atoms with E-state index in [4.69, 9.17) is 4.52 Å². The number of hydrogen-bond acceptors (Lipinski definition) is 7. The van der Waals surface area contributed by atoms with Gasteiger partial charge in [0.05, 0.1) is 5.92 Å². The van der Waals surface area contributed by atoms with Gasteiger partial charge in [-0.25, -0.2) is 4.68 Å². The zero-order valence-corrected chi connectivity index (χ0v) is 12.6. The minimum atomic E-state index is 0.00490. The second kappa shape index (κ2) is 6.63. The standard InChI is InChI=1S/C13H19N7O2/c1-2-4-11-15-13(22-16-11)10-5-3-6-19(7-10)12(21)8-20-9-14-17-18-20/h9-10H,2-8H2,1H3/t10-/m0/s1. The molecule has 1 saturated heterocycles. The van der Waals surface area contributed by atoms with Gasteiger partial charge in [-0.1, -0.05) is 12.1 Å². The molecule has 2 aromatic heterocycles. The molecule has 3 rings (SSSR count). The van der Waals surface area contributed by atoms with Crippen molar-refractivity contribution in [1.29, 1.82) is 0 Å². The maximum atomic E-state index is 12.3. The summed E-state index contributed by atoms with van der Waals surface area (Å²) >= 11 is 0. The molecule has 1 fully saturated rings. The number of aromatic nitrogens is 6. The number of hydrogen-bond donors (Lipinski definition) is 0. The van der Waals surface area contributed by atoms with E-state index in [0.717, 1.165) is 38.1 Å². The van der Waals surface area contributed by atoms with Crippen LogP contribution in [0.3, 0.4) is 0 Å². The molecule has 0 bridgehead atoms. The Balaban J connectivity index is 1.61. The average Bonchev–Trinajstić information content (AvgIpc) is 3.19. The molecule has 1 aliphatic heterocycles. The van der Waals surface area contributed by atoms with Crippen molar-refractivity contribution in [3.63, 3.8) is 0 Å². The third kappa shape index (κ3) is 3.29. The molecule has 1 amide bonds. The average molecular weight is 305 g/mol. The molecule has 118 valence electrons. The van der Waals surface area contributed by atoms with Crippen molar-refractivity contribution in [2.45, 2.75) is 45.1 Å². The molecule has 1 atom stereocenters. The molecule has 0 aliphatic carbocycles. The van der Waals surface area contributed by atoms with Crippen LogP contribution in [0.5, 0.6) is 0 Å². The number of piperidine rings is 1. The molecule has 0 unspecified atom stereocenters. The van der Waals surface area contributed by atoms with Gasteiger partial charge in [0.2, 0.25) is 11.8 Å². The Hall–Kier alpha value is -2.32. The van der Waals surface area contributed by atoms with E-state index in [0.29, 0.717) is 12.4 Å². The Bertz CT molecular complexity index is 610. The van der Waals surface area contributed by atoms with Gasteiger partial charge < -0.3 is 9.42 Å². The number of nitrogens with zero attached hydrogens (tertiary/aromatic N) is 7. The largest absolute Gasteiger partial charge is 0.340 e. The van der Waals surface area contributed by atoms with Crippen LogP contribution in [0, 0.1) is 0 Å². The van der Waals surface area contributed by atoms with E-state index in [1.54, 1.807) is 0 Å². The summed E-state index contributed by atoms with van der Waals surface area (Å²) in [7, 11) is 0. The second-order valence-corrected chi connectivity index (χ2v) is 5.49. The van der Waals surface area contributed by atoms with Crippen molar-refractivity contribution in [2.75, 3.05) is 13.1 Å². The fourth-order valence-corrected chi connectivity index (χ4v) is 2.65. The van der Waals surface area contributed by atoms with Crippen LogP contribution in [0.4, 0.5) is 0 Å². The lowest BCUT2D eigenvalue weighted by atomic mass is 9.98. The van der Waals surface area contributed by atoms with Gasteiger partial charge in [-0.05, 0) is 29.7 Å². The van der Waals surface area contributed by atoms with Gasteiger partial charge in [-0.15, -0.1) is 5.10 Å². The van der Waals surface area contributed by atoms with E-state index < -0.39 is 0 Å². The molecule has 0 spiro atoms. The van der Waals surface area contributed by atoms with Gasteiger partial charge in [0, 0.05) is 19.5 Å². The number of rotatable bonds is 5. The summed E-state index contributed by atoms with van der Waals surface area (Å²) in [5.41, 5.74) is 0. The van der Waals surface area contributed by atoms with E-state index in [1.165, 1.54) is 11.0 Å². The van der Waals surface area contributed by atoms with Crippen LogP contribution < -0.4 is 0 Å². The van der Waals surface area contributed by atoms with Crippen molar-refractivity contribution >= 4 is 5.91 Å². The van der Waals surface area contributed by atoms with Crippen molar-refractivity contribution in [3.05, 3.63) is 18.0 Å². The molecule has 0 saturated carbocycles. The van der Waals surface area contributed by atoms with E-state index >= 15 is 0 Å². The maximum Gasteiger partial charge on any atom is 0.244 e. The highest BCUT2D eigenvalue weighted by Crippen LogP contribution is 2.26. The topological polar surface area (TPSA) is 103 Å². The van der Waals surface area contributed by atoms with E-state index in [-0.39, 0.29) is 18.4 Å². The highest BCUT2D eigenvalue weighted by Gasteiger charge is 2.28. The second-order valence-electron chi connectivity index (χ2n) is 5.49. The Morgan fingerprint density at radius 3 is 3.18 bits per heavy atom. The predicted molar refractivity (Wildman–Crippen MR) is 74.7 cm³/mol. The zero-order valence-electron chi connectivity index (χ0n) is 12.6. The molecule has 9 heteroatoms. The monoisotopic (exact) mass is 305 g/mol. The summed E-state index contributed by atoms with van der Waals surface area (Å²) < 4.78 is 6.78. The van der Waals surface area contributed by atoms with Crippen molar-refractivity contribution in [2.24, 2.45) is 0 Å². The van der Waals surface area contributed by atoms with Crippen LogP contribution >= 0.6 is 0 Å². The molecule has 0 N–H and O–H groups in total. The number of amides is 1. The van der Waals surface area contributed by atoms with Crippen LogP contribution in [0.25, 0.3) is 0 Å². The highest BCUT2D eigenvalue weighted by atomic mass is 16.5. The first-order chi connectivity index (χ1) is 10.8. The normalized spacial score (nSPS) is 18.6. The number of carbonyl (C=O) groups is 1. The Morgan fingerprint density at radius 2 is 2.41 bits per heavy atom. The number of likely N-dealkylation sites (tertiary alicyclic amines) is 1. The summed E-state index contributed by atoms with van der Waals surface area (Å²) in [5, 5.41) is 14.8. The summed E-state index contributed by atoms with van der Waals surface area (Å²) in [4.78, 5) is 18.6. The molecular weight excluding hydrogens is 286 g/mol. The van der Waals surface area contributed by atoms with E-state index in [2.05, 4.69) is 32.6 Å². The van der Waals surface area contributed by atoms with Crippen LogP contribution in [-0.2, 0) is 17.8 Å². The number of aryl methyl sites for hydroxylation is 1. The Labute approximate surface area is 127 Å². The van der Waals surface area contributed by atoms with E-state index in [1.807, 2.05) is 4.90 Å². The molecule has 2 aromatic rings. The molecule has 0 aromatic carbocycles. The summed E-state index contributed by atoms with van der Waals surface area (Å²) in [5.74, 6) is 1.51. The molecule has 9 nitrogen and oxygen atoms in total. The van der Waals surface area contributed by atoms with Crippen molar-refractivity contribution in [1.82, 2.24) is 35.2 Å². The minimum absolute atomic E-state index is 0.00490. The van der Waals surface area contributed by atoms with Crippen molar-refractivity contribution in [3.8, 4) is 0 Å². The van der Waals surface area contributed by atoms with Gasteiger partial charge in [-0.3, -0.25) is 4.79 Å². The third-order valence-electron chi connectivity index (χ3n) is 3.77. The van der Waals surface area contributed by atoms with Crippen LogP contribution in [0.2, 0.25) is 0 Å². The first kappa shape index (κ1) is 14.6. The first-order valence-electron chi connectivity index (χ1n) is 7.57. The van der Waals surface area contributed by atoms with Gasteiger partial charge >= 0.3 is 0 Å². The maximum absolute atomic E-state index is 12.3. The van der Waals surface area contributed by atoms with Crippen LogP contribution in [0.1, 0.15) is 43.8 Å².